The van der Waals surface area contributed by atoms with Crippen LogP contribution in [-0.2, 0) is 14.8 Å². The van der Waals surface area contributed by atoms with E-state index in [9.17, 15) is 13.2 Å². The van der Waals surface area contributed by atoms with Crippen molar-refractivity contribution in [1.29, 1.82) is 0 Å². The molecule has 28 heavy (non-hydrogen) atoms. The number of benzene rings is 2. The van der Waals surface area contributed by atoms with Crippen LogP contribution in [-0.4, -0.2) is 38.9 Å². The van der Waals surface area contributed by atoms with Gasteiger partial charge < -0.3 is 9.64 Å². The first kappa shape index (κ1) is 20.4. The highest BCUT2D eigenvalue weighted by Crippen LogP contribution is 2.32. The highest BCUT2D eigenvalue weighted by Gasteiger charge is 2.34. The number of nitrogens with one attached hydrogen (secondary N) is 1. The maximum absolute atomic E-state index is 13.0. The fraction of sp³-hybridized carbons (Fsp3) is 0.381. The molecule has 6 nitrogen and oxygen atoms in total. The number of ether oxygens (including phenoxy) is 1. The van der Waals surface area contributed by atoms with Crippen molar-refractivity contribution in [3.63, 3.8) is 0 Å². The third kappa shape index (κ3) is 4.36. The first-order chi connectivity index (χ1) is 13.3. The summed E-state index contributed by atoms with van der Waals surface area (Å²) in [6, 6.07) is 13.4. The summed E-state index contributed by atoms with van der Waals surface area (Å²) in [5, 5.41) is 0. The van der Waals surface area contributed by atoms with Crippen molar-refractivity contribution in [1.82, 2.24) is 9.62 Å². The predicted molar refractivity (Wildman–Crippen MR) is 108 cm³/mol. The number of methoxy groups -OCH3 is 1. The zero-order chi connectivity index (χ0) is 20.3. The second-order valence-electron chi connectivity index (χ2n) is 7.12. The van der Waals surface area contributed by atoms with Crippen LogP contribution in [0.15, 0.2) is 53.4 Å². The molecule has 2 atom stereocenters. The average molecular weight is 403 g/mol. The van der Waals surface area contributed by atoms with Gasteiger partial charge in [-0.05, 0) is 56.5 Å². The summed E-state index contributed by atoms with van der Waals surface area (Å²) in [6.07, 6.45) is 1.79. The quantitative estimate of drug-likeness (QED) is 0.806. The average Bonchev–Trinajstić information content (AvgIpc) is 3.17. The number of hydrogen-bond acceptors (Lipinski definition) is 4. The Labute approximate surface area is 166 Å². The van der Waals surface area contributed by atoms with Crippen molar-refractivity contribution < 1.29 is 17.9 Å². The molecule has 150 valence electrons. The van der Waals surface area contributed by atoms with Gasteiger partial charge in [0.1, 0.15) is 5.75 Å². The maximum atomic E-state index is 13.0. The van der Waals surface area contributed by atoms with E-state index in [1.807, 2.05) is 31.2 Å². The Morgan fingerprint density at radius 3 is 2.39 bits per heavy atom. The number of likely N-dealkylation sites (tertiary alicyclic amines) is 1. The van der Waals surface area contributed by atoms with Crippen LogP contribution in [0.4, 0.5) is 0 Å². The van der Waals surface area contributed by atoms with Gasteiger partial charge in [0.05, 0.1) is 24.1 Å². The highest BCUT2D eigenvalue weighted by atomic mass is 32.2. The van der Waals surface area contributed by atoms with Crippen molar-refractivity contribution >= 4 is 15.9 Å². The van der Waals surface area contributed by atoms with Gasteiger partial charge in [-0.3, -0.25) is 4.79 Å². The minimum atomic E-state index is -3.80. The van der Waals surface area contributed by atoms with Gasteiger partial charge in [0.2, 0.25) is 15.9 Å². The van der Waals surface area contributed by atoms with E-state index in [1.54, 1.807) is 24.0 Å². The van der Waals surface area contributed by atoms with Gasteiger partial charge in [0.25, 0.3) is 0 Å². The number of rotatable bonds is 6. The lowest BCUT2D eigenvalue weighted by Crippen LogP contribution is -2.46. The molecule has 0 spiro atoms. The summed E-state index contributed by atoms with van der Waals surface area (Å²) in [5.74, 6) is 0.362. The van der Waals surface area contributed by atoms with E-state index in [-0.39, 0.29) is 16.8 Å². The van der Waals surface area contributed by atoms with Crippen molar-refractivity contribution in [3.8, 4) is 5.75 Å². The zero-order valence-electron chi connectivity index (χ0n) is 16.4. The molecule has 1 saturated heterocycles. The molecule has 1 N–H and O–H groups in total. The minimum absolute atomic E-state index is 0.0129. The molecule has 2 aromatic carbocycles. The lowest BCUT2D eigenvalue weighted by Gasteiger charge is -2.28. The number of sulfonamides is 1. The molecule has 0 saturated carbocycles. The predicted octanol–water partition coefficient (Wildman–Crippen LogP) is 3.03. The highest BCUT2D eigenvalue weighted by molar-refractivity contribution is 7.89. The maximum Gasteiger partial charge on any atom is 0.241 e. The number of carbonyl (C=O) groups excluding carboxylic acids is 1. The number of hydrogen-bond donors (Lipinski definition) is 1. The van der Waals surface area contributed by atoms with Crippen molar-refractivity contribution in [2.24, 2.45) is 0 Å². The van der Waals surface area contributed by atoms with Crippen LogP contribution < -0.4 is 9.46 Å². The topological polar surface area (TPSA) is 75.7 Å². The largest absolute Gasteiger partial charge is 0.497 e. The molecule has 3 rings (SSSR count). The molecular formula is C21H26N2O4S. The molecule has 0 aliphatic carbocycles. The molecule has 7 heteroatoms. The van der Waals surface area contributed by atoms with Gasteiger partial charge in [0, 0.05) is 6.54 Å². The fourth-order valence-electron chi connectivity index (χ4n) is 3.52. The summed E-state index contributed by atoms with van der Waals surface area (Å²) >= 11 is 0. The van der Waals surface area contributed by atoms with Gasteiger partial charge in [-0.1, -0.05) is 29.8 Å². The molecule has 0 unspecified atom stereocenters. The molecule has 1 fully saturated rings. The molecule has 1 amide bonds. The number of amides is 1. The minimum Gasteiger partial charge on any atom is -0.497 e. The second kappa shape index (κ2) is 8.32. The van der Waals surface area contributed by atoms with Gasteiger partial charge in [0.15, 0.2) is 0 Å². The lowest BCUT2D eigenvalue weighted by molar-refractivity contribution is -0.133. The third-order valence-corrected chi connectivity index (χ3v) is 6.63. The van der Waals surface area contributed by atoms with Gasteiger partial charge in [-0.15, -0.1) is 0 Å². The number of aryl methyl sites for hydroxylation is 1. The smallest absolute Gasteiger partial charge is 0.241 e. The Morgan fingerprint density at radius 2 is 1.79 bits per heavy atom. The molecule has 0 radical (unpaired) electrons. The van der Waals surface area contributed by atoms with Crippen LogP contribution in [0, 0.1) is 6.92 Å². The van der Waals surface area contributed by atoms with Crippen LogP contribution in [0.25, 0.3) is 0 Å². The SMILES string of the molecule is COc1ccc(S(=O)(=O)N[C@H](C)C(=O)N2CCC[C@H]2c2ccc(C)cc2)cc1. The van der Waals surface area contributed by atoms with Crippen molar-refractivity contribution in [2.75, 3.05) is 13.7 Å². The van der Waals surface area contributed by atoms with E-state index in [1.165, 1.54) is 24.8 Å². The summed E-state index contributed by atoms with van der Waals surface area (Å²) in [5.41, 5.74) is 2.25. The lowest BCUT2D eigenvalue weighted by atomic mass is 10.0. The van der Waals surface area contributed by atoms with Crippen LogP contribution in [0.2, 0.25) is 0 Å². The third-order valence-electron chi connectivity index (χ3n) is 5.07. The molecule has 2 aromatic rings. The van der Waals surface area contributed by atoms with E-state index in [0.29, 0.717) is 12.3 Å². The Morgan fingerprint density at radius 1 is 1.14 bits per heavy atom. The van der Waals surface area contributed by atoms with Gasteiger partial charge >= 0.3 is 0 Å². The van der Waals surface area contributed by atoms with E-state index >= 15 is 0 Å². The normalized spacial score (nSPS) is 18.1. The number of nitrogens with zero attached hydrogens (tertiary/aromatic N) is 1. The standard InChI is InChI=1S/C21H26N2O4S/c1-15-6-8-17(9-7-15)20-5-4-14-23(20)21(24)16(2)22-28(25,26)19-12-10-18(27-3)11-13-19/h6-13,16,20,22H,4-5,14H2,1-3H3/t16-,20+/m1/s1. The summed E-state index contributed by atoms with van der Waals surface area (Å²) in [6.45, 7) is 4.25. The van der Waals surface area contributed by atoms with Crippen LogP contribution in [0.3, 0.4) is 0 Å². The van der Waals surface area contributed by atoms with E-state index in [2.05, 4.69) is 4.72 Å². The van der Waals surface area contributed by atoms with E-state index in [0.717, 1.165) is 18.4 Å². The second-order valence-corrected chi connectivity index (χ2v) is 8.83. The first-order valence-corrected chi connectivity index (χ1v) is 10.8. The van der Waals surface area contributed by atoms with E-state index < -0.39 is 16.1 Å². The Hall–Kier alpha value is -2.38. The summed E-state index contributed by atoms with van der Waals surface area (Å²) < 4.78 is 32.8. The van der Waals surface area contributed by atoms with Crippen LogP contribution in [0.1, 0.15) is 36.9 Å². The van der Waals surface area contributed by atoms with E-state index in [4.69, 9.17) is 4.74 Å². The van der Waals surface area contributed by atoms with Crippen molar-refractivity contribution in [3.05, 3.63) is 59.7 Å². The van der Waals surface area contributed by atoms with Crippen LogP contribution in [0.5, 0.6) is 5.75 Å². The monoisotopic (exact) mass is 402 g/mol. The molecule has 0 bridgehead atoms. The van der Waals surface area contributed by atoms with Crippen molar-refractivity contribution in [2.45, 2.75) is 43.7 Å². The Bertz CT molecular complexity index is 924. The fourth-order valence-corrected chi connectivity index (χ4v) is 4.72. The number of carbonyl (C=O) groups is 1. The van der Waals surface area contributed by atoms with Gasteiger partial charge in [-0.2, -0.15) is 4.72 Å². The summed E-state index contributed by atoms with van der Waals surface area (Å²) in [4.78, 5) is 14.9. The molecule has 0 aromatic heterocycles. The molecular weight excluding hydrogens is 376 g/mol. The first-order valence-electron chi connectivity index (χ1n) is 9.35. The van der Waals surface area contributed by atoms with Crippen LogP contribution >= 0.6 is 0 Å². The van der Waals surface area contributed by atoms with Gasteiger partial charge in [-0.25, -0.2) is 8.42 Å². The zero-order valence-corrected chi connectivity index (χ0v) is 17.2. The molecule has 1 aliphatic rings. The Kier molecular flexibility index (Phi) is 6.05. The molecule has 1 heterocycles. The molecule has 1 aliphatic heterocycles. The Balaban J connectivity index is 1.73. The summed E-state index contributed by atoms with van der Waals surface area (Å²) in [7, 11) is -2.28.